The number of carbonyl (C=O) groups excluding carboxylic acids is 1. The Labute approximate surface area is 131 Å². The van der Waals surface area contributed by atoms with Crippen LogP contribution in [0.15, 0.2) is 6.07 Å². The molecule has 0 bridgehead atoms. The fraction of sp³-hybridized carbons (Fsp3) is 0.733. The summed E-state index contributed by atoms with van der Waals surface area (Å²) >= 11 is 0. The predicted molar refractivity (Wildman–Crippen MR) is 83.5 cm³/mol. The second kappa shape index (κ2) is 6.16. The highest BCUT2D eigenvalue weighted by molar-refractivity contribution is 5.67. The molecule has 1 aromatic rings. The number of nitrogen functional groups attached to an aromatic ring is 1. The lowest BCUT2D eigenvalue weighted by atomic mass is 10.1. The van der Waals surface area contributed by atoms with Gasteiger partial charge in [0.25, 0.3) is 0 Å². The highest BCUT2D eigenvalue weighted by atomic mass is 16.6. The van der Waals surface area contributed by atoms with Gasteiger partial charge in [0.1, 0.15) is 18.0 Å². The van der Waals surface area contributed by atoms with Gasteiger partial charge in [0.2, 0.25) is 0 Å². The molecule has 3 N–H and O–H groups in total. The smallest absolute Gasteiger partial charge is 0.407 e. The first-order chi connectivity index (χ1) is 10.2. The molecule has 2 heterocycles. The molecule has 0 spiro atoms. The minimum Gasteiger partial charge on any atom is -0.444 e. The molecular formula is C15H26N4O3. The number of aromatic nitrogens is 2. The number of alkyl carbamates (subject to hydrolysis) is 1. The summed E-state index contributed by atoms with van der Waals surface area (Å²) in [4.78, 5) is 11.6. The Morgan fingerprint density at radius 3 is 2.77 bits per heavy atom. The Bertz CT molecular complexity index is 533. The molecule has 1 fully saturated rings. The van der Waals surface area contributed by atoms with Crippen molar-refractivity contribution in [3.05, 3.63) is 11.8 Å². The summed E-state index contributed by atoms with van der Waals surface area (Å²) in [7, 11) is 0. The van der Waals surface area contributed by atoms with Gasteiger partial charge in [-0.1, -0.05) is 0 Å². The third-order valence-electron chi connectivity index (χ3n) is 3.36. The minimum atomic E-state index is -0.413. The molecule has 1 aliphatic rings. The van der Waals surface area contributed by atoms with Gasteiger partial charge in [0.15, 0.2) is 0 Å². The zero-order valence-electron chi connectivity index (χ0n) is 13.9. The van der Waals surface area contributed by atoms with Crippen LogP contribution in [0.3, 0.4) is 0 Å². The van der Waals surface area contributed by atoms with Gasteiger partial charge >= 0.3 is 6.09 Å². The minimum absolute atomic E-state index is 0.0490. The normalized spacial score (nSPS) is 22.1. The van der Waals surface area contributed by atoms with Crippen LogP contribution in [0.4, 0.5) is 10.6 Å². The van der Waals surface area contributed by atoms with Crippen molar-refractivity contribution in [1.82, 2.24) is 15.1 Å². The van der Waals surface area contributed by atoms with Crippen LogP contribution in [0, 0.1) is 0 Å². The van der Waals surface area contributed by atoms with Gasteiger partial charge < -0.3 is 20.5 Å². The topological polar surface area (TPSA) is 91.4 Å². The van der Waals surface area contributed by atoms with E-state index in [0.29, 0.717) is 18.8 Å². The molecule has 0 aliphatic carbocycles. The highest BCUT2D eigenvalue weighted by Crippen LogP contribution is 2.32. The van der Waals surface area contributed by atoms with Crippen LogP contribution in [-0.4, -0.2) is 34.6 Å². The van der Waals surface area contributed by atoms with Crippen molar-refractivity contribution in [2.45, 2.75) is 64.8 Å². The van der Waals surface area contributed by atoms with Crippen LogP contribution in [0.5, 0.6) is 0 Å². The van der Waals surface area contributed by atoms with E-state index in [1.54, 1.807) is 4.68 Å². The number of nitrogens with one attached hydrogen (secondary N) is 1. The molecule has 0 radical (unpaired) electrons. The molecule has 1 aromatic heterocycles. The van der Waals surface area contributed by atoms with Gasteiger partial charge in [-0.3, -0.25) is 0 Å². The summed E-state index contributed by atoms with van der Waals surface area (Å²) in [6.07, 6.45) is -0.275. The maximum atomic E-state index is 11.6. The largest absolute Gasteiger partial charge is 0.444 e. The molecular weight excluding hydrogens is 284 g/mol. The summed E-state index contributed by atoms with van der Waals surface area (Å²) in [6.45, 7) is 10.3. The lowest BCUT2D eigenvalue weighted by molar-refractivity contribution is 0.0679. The van der Waals surface area contributed by atoms with Crippen LogP contribution < -0.4 is 11.1 Å². The molecule has 2 atom stereocenters. The Morgan fingerprint density at radius 2 is 2.23 bits per heavy atom. The Kier molecular flexibility index (Phi) is 4.65. The van der Waals surface area contributed by atoms with E-state index < -0.39 is 6.09 Å². The van der Waals surface area contributed by atoms with Crippen LogP contribution in [0.25, 0.3) is 0 Å². The van der Waals surface area contributed by atoms with Crippen LogP contribution in [-0.2, 0) is 15.0 Å². The SMILES string of the molecule is CC(C)NC(=O)O[C@@H]1CO[C@H](c2cc(N)n(C(C)(C)C)n2)C1. The standard InChI is InChI=1S/C15H26N4O3/c1-9(2)17-14(20)22-10-6-12(21-8-10)11-7-13(16)19(18-11)15(3,4)5/h7,9-10,12H,6,8,16H2,1-5H3,(H,17,20)/t10-,12-/m0/s1. The predicted octanol–water partition coefficient (Wildman–Crippen LogP) is 2.18. The number of carbonyl (C=O) groups is 1. The zero-order valence-corrected chi connectivity index (χ0v) is 13.9. The monoisotopic (exact) mass is 310 g/mol. The molecule has 1 saturated heterocycles. The van der Waals surface area contributed by atoms with E-state index in [-0.39, 0.29) is 23.8 Å². The first-order valence-corrected chi connectivity index (χ1v) is 7.61. The summed E-state index contributed by atoms with van der Waals surface area (Å²) in [6, 6.07) is 1.87. The number of amides is 1. The molecule has 0 unspecified atom stereocenters. The lowest BCUT2D eigenvalue weighted by Gasteiger charge is -2.20. The molecule has 1 amide bonds. The van der Waals surface area contributed by atoms with Gasteiger partial charge in [-0.15, -0.1) is 0 Å². The number of rotatable bonds is 3. The maximum Gasteiger partial charge on any atom is 0.407 e. The van der Waals surface area contributed by atoms with E-state index in [4.69, 9.17) is 15.2 Å². The van der Waals surface area contributed by atoms with E-state index in [0.717, 1.165) is 5.69 Å². The first kappa shape index (κ1) is 16.6. The average Bonchev–Trinajstić information content (AvgIpc) is 2.93. The van der Waals surface area contributed by atoms with Gasteiger partial charge in [0, 0.05) is 18.5 Å². The molecule has 7 nitrogen and oxygen atoms in total. The quantitative estimate of drug-likeness (QED) is 0.893. The molecule has 0 aromatic carbocycles. The van der Waals surface area contributed by atoms with E-state index in [1.165, 1.54) is 0 Å². The average molecular weight is 310 g/mol. The summed E-state index contributed by atoms with van der Waals surface area (Å²) in [5.74, 6) is 0.605. The Morgan fingerprint density at radius 1 is 1.55 bits per heavy atom. The third-order valence-corrected chi connectivity index (χ3v) is 3.36. The van der Waals surface area contributed by atoms with Crippen molar-refractivity contribution in [2.24, 2.45) is 0 Å². The Balaban J connectivity index is 1.97. The molecule has 0 saturated carbocycles. The summed E-state index contributed by atoms with van der Waals surface area (Å²) in [5.41, 5.74) is 6.61. The first-order valence-electron chi connectivity index (χ1n) is 7.61. The van der Waals surface area contributed by atoms with Crippen molar-refractivity contribution in [3.8, 4) is 0 Å². The molecule has 124 valence electrons. The lowest BCUT2D eigenvalue weighted by Crippen LogP contribution is -2.33. The molecule has 2 rings (SSSR count). The van der Waals surface area contributed by atoms with E-state index in [1.807, 2.05) is 40.7 Å². The van der Waals surface area contributed by atoms with Gasteiger partial charge in [0.05, 0.1) is 17.8 Å². The van der Waals surface area contributed by atoms with Crippen LogP contribution in [0.2, 0.25) is 0 Å². The van der Waals surface area contributed by atoms with Gasteiger partial charge in [-0.2, -0.15) is 5.10 Å². The summed E-state index contributed by atoms with van der Waals surface area (Å²) < 4.78 is 12.8. The van der Waals surface area contributed by atoms with Crippen molar-refractivity contribution in [3.63, 3.8) is 0 Å². The number of hydrogen-bond acceptors (Lipinski definition) is 5. The highest BCUT2D eigenvalue weighted by Gasteiger charge is 2.32. The molecule has 22 heavy (non-hydrogen) atoms. The van der Waals surface area contributed by atoms with E-state index >= 15 is 0 Å². The van der Waals surface area contributed by atoms with Crippen molar-refractivity contribution in [2.75, 3.05) is 12.3 Å². The Hall–Kier alpha value is -1.76. The fourth-order valence-electron chi connectivity index (χ4n) is 2.42. The second-order valence-electron chi connectivity index (χ2n) is 6.96. The fourth-order valence-corrected chi connectivity index (χ4v) is 2.42. The number of anilines is 1. The second-order valence-corrected chi connectivity index (χ2v) is 6.96. The van der Waals surface area contributed by atoms with Crippen LogP contribution in [0.1, 0.15) is 52.8 Å². The van der Waals surface area contributed by atoms with Crippen molar-refractivity contribution in [1.29, 1.82) is 0 Å². The van der Waals surface area contributed by atoms with Crippen molar-refractivity contribution >= 4 is 11.9 Å². The molecule has 1 aliphatic heterocycles. The molecule has 7 heteroatoms. The maximum absolute atomic E-state index is 11.6. The third kappa shape index (κ3) is 3.91. The van der Waals surface area contributed by atoms with Crippen molar-refractivity contribution < 1.29 is 14.3 Å². The van der Waals surface area contributed by atoms with E-state index in [9.17, 15) is 4.79 Å². The number of ether oxygens (including phenoxy) is 2. The summed E-state index contributed by atoms with van der Waals surface area (Å²) in [5, 5.41) is 7.24. The van der Waals surface area contributed by atoms with Gasteiger partial charge in [-0.25, -0.2) is 9.48 Å². The van der Waals surface area contributed by atoms with Gasteiger partial charge in [-0.05, 0) is 34.6 Å². The zero-order chi connectivity index (χ0) is 16.5. The number of nitrogens with zero attached hydrogens (tertiary/aromatic N) is 2. The van der Waals surface area contributed by atoms with Crippen LogP contribution >= 0.6 is 0 Å². The number of nitrogens with two attached hydrogens (primary N) is 1. The number of hydrogen-bond donors (Lipinski definition) is 2. The van der Waals surface area contributed by atoms with E-state index in [2.05, 4.69) is 10.4 Å².